The minimum Gasteiger partial charge on any atom is -0.429 e. The molecule has 0 radical (unpaired) electrons. The van der Waals surface area contributed by atoms with Crippen molar-refractivity contribution in [2.75, 3.05) is 0 Å². The molecular formula is C30H21F9O. The summed E-state index contributed by atoms with van der Waals surface area (Å²) in [4.78, 5) is 0. The van der Waals surface area contributed by atoms with Crippen LogP contribution in [0.5, 0.6) is 5.75 Å². The Morgan fingerprint density at radius 1 is 0.600 bits per heavy atom. The molecule has 0 aliphatic carbocycles. The Labute approximate surface area is 223 Å². The molecule has 40 heavy (non-hydrogen) atoms. The molecule has 4 aromatic carbocycles. The average molecular weight is 568 g/mol. The lowest BCUT2D eigenvalue weighted by atomic mass is 9.99. The third-order valence-corrected chi connectivity index (χ3v) is 6.23. The second kappa shape index (κ2) is 11.7. The SMILES string of the molecule is CCCCCc1ccc(-c2cc(F)c(C(F)(F)Oc3ccc(-c4cc(F)c(F)c(F)c4)c(F)c3)c(F)c2)c(F)c1. The van der Waals surface area contributed by atoms with Crippen molar-refractivity contribution in [3.05, 3.63) is 113 Å². The van der Waals surface area contributed by atoms with Crippen molar-refractivity contribution >= 4 is 0 Å². The fourth-order valence-electron chi connectivity index (χ4n) is 4.24. The van der Waals surface area contributed by atoms with Gasteiger partial charge in [-0.15, -0.1) is 0 Å². The lowest BCUT2D eigenvalue weighted by molar-refractivity contribution is -0.189. The van der Waals surface area contributed by atoms with E-state index in [0.29, 0.717) is 42.3 Å². The van der Waals surface area contributed by atoms with Crippen LogP contribution in [0.2, 0.25) is 0 Å². The van der Waals surface area contributed by atoms with Crippen molar-refractivity contribution in [2.45, 2.75) is 38.7 Å². The Morgan fingerprint density at radius 2 is 1.12 bits per heavy atom. The highest BCUT2D eigenvalue weighted by Gasteiger charge is 2.41. The molecule has 0 spiro atoms. The lowest BCUT2D eigenvalue weighted by Crippen LogP contribution is -2.25. The molecular weight excluding hydrogens is 547 g/mol. The molecule has 0 fully saturated rings. The molecule has 210 valence electrons. The zero-order valence-electron chi connectivity index (χ0n) is 20.9. The van der Waals surface area contributed by atoms with Gasteiger partial charge in [-0.3, -0.25) is 0 Å². The van der Waals surface area contributed by atoms with Crippen molar-refractivity contribution in [3.8, 4) is 28.0 Å². The maximum Gasteiger partial charge on any atom is 0.432 e. The molecule has 0 bridgehead atoms. The third kappa shape index (κ3) is 6.11. The number of halogens is 9. The van der Waals surface area contributed by atoms with Gasteiger partial charge in [0.25, 0.3) is 0 Å². The van der Waals surface area contributed by atoms with Gasteiger partial charge in [-0.05, 0) is 72.0 Å². The smallest absolute Gasteiger partial charge is 0.429 e. The van der Waals surface area contributed by atoms with Crippen molar-refractivity contribution < 1.29 is 44.3 Å². The summed E-state index contributed by atoms with van der Waals surface area (Å²) in [7, 11) is 0. The molecule has 10 heteroatoms. The van der Waals surface area contributed by atoms with Crippen LogP contribution in [0.3, 0.4) is 0 Å². The molecule has 0 aromatic heterocycles. The quantitative estimate of drug-likeness (QED) is 0.111. The first-order valence-corrected chi connectivity index (χ1v) is 12.2. The first-order valence-electron chi connectivity index (χ1n) is 12.2. The van der Waals surface area contributed by atoms with Gasteiger partial charge < -0.3 is 4.74 Å². The number of alkyl halides is 2. The Hall–Kier alpha value is -3.95. The molecule has 0 amide bonds. The van der Waals surface area contributed by atoms with Crippen molar-refractivity contribution in [1.82, 2.24) is 0 Å². The summed E-state index contributed by atoms with van der Waals surface area (Å²) in [5, 5.41) is 0. The Balaban J connectivity index is 1.59. The third-order valence-electron chi connectivity index (χ3n) is 6.23. The van der Waals surface area contributed by atoms with Gasteiger partial charge in [0.15, 0.2) is 17.5 Å². The predicted molar refractivity (Wildman–Crippen MR) is 131 cm³/mol. The van der Waals surface area contributed by atoms with Crippen LogP contribution >= 0.6 is 0 Å². The number of aryl methyl sites for hydroxylation is 1. The summed E-state index contributed by atoms with van der Waals surface area (Å²) >= 11 is 0. The van der Waals surface area contributed by atoms with Crippen molar-refractivity contribution in [1.29, 1.82) is 0 Å². The molecule has 0 unspecified atom stereocenters. The van der Waals surface area contributed by atoms with Gasteiger partial charge >= 0.3 is 6.11 Å². The highest BCUT2D eigenvalue weighted by Crippen LogP contribution is 2.38. The normalized spacial score (nSPS) is 11.7. The monoisotopic (exact) mass is 568 g/mol. The number of unbranched alkanes of at least 4 members (excludes halogenated alkanes) is 2. The van der Waals surface area contributed by atoms with E-state index in [9.17, 15) is 39.5 Å². The summed E-state index contributed by atoms with van der Waals surface area (Å²) in [5.74, 6) is -11.4. The van der Waals surface area contributed by atoms with Crippen LogP contribution in [-0.2, 0) is 12.5 Å². The van der Waals surface area contributed by atoms with Crippen LogP contribution in [0.15, 0.2) is 60.7 Å². The summed E-state index contributed by atoms with van der Waals surface area (Å²) in [6.07, 6.45) is -1.29. The number of rotatable bonds is 9. The zero-order valence-corrected chi connectivity index (χ0v) is 20.9. The van der Waals surface area contributed by atoms with Crippen LogP contribution in [-0.4, -0.2) is 0 Å². The van der Waals surface area contributed by atoms with E-state index in [2.05, 4.69) is 4.74 Å². The second-order valence-electron chi connectivity index (χ2n) is 9.10. The highest BCUT2D eigenvalue weighted by atomic mass is 19.3. The summed E-state index contributed by atoms with van der Waals surface area (Å²) in [6, 6.07) is 8.18. The molecule has 0 heterocycles. The Bertz CT molecular complexity index is 1500. The van der Waals surface area contributed by atoms with Crippen LogP contribution in [0, 0.1) is 40.7 Å². The summed E-state index contributed by atoms with van der Waals surface area (Å²) in [5.41, 5.74) is -2.53. The zero-order chi connectivity index (χ0) is 29.2. The highest BCUT2D eigenvalue weighted by molar-refractivity contribution is 5.66. The van der Waals surface area contributed by atoms with E-state index < -0.39 is 69.3 Å². The van der Waals surface area contributed by atoms with E-state index in [1.54, 1.807) is 6.07 Å². The molecule has 0 aliphatic heterocycles. The summed E-state index contributed by atoms with van der Waals surface area (Å²) < 4.78 is 133. The molecule has 0 saturated heterocycles. The van der Waals surface area contributed by atoms with Gasteiger partial charge in [-0.1, -0.05) is 31.9 Å². The van der Waals surface area contributed by atoms with Gasteiger partial charge in [0.2, 0.25) is 0 Å². The first kappa shape index (κ1) is 29.0. The molecule has 0 aliphatic rings. The van der Waals surface area contributed by atoms with Gasteiger partial charge in [-0.25, -0.2) is 30.7 Å². The number of hydrogen-bond donors (Lipinski definition) is 0. The largest absolute Gasteiger partial charge is 0.432 e. The molecule has 0 saturated carbocycles. The Kier molecular flexibility index (Phi) is 8.46. The topological polar surface area (TPSA) is 9.23 Å². The van der Waals surface area contributed by atoms with Crippen LogP contribution in [0.25, 0.3) is 22.3 Å². The van der Waals surface area contributed by atoms with E-state index in [1.165, 1.54) is 12.1 Å². The Morgan fingerprint density at radius 3 is 1.65 bits per heavy atom. The van der Waals surface area contributed by atoms with Crippen molar-refractivity contribution in [2.24, 2.45) is 0 Å². The van der Waals surface area contributed by atoms with Crippen molar-refractivity contribution in [3.63, 3.8) is 0 Å². The van der Waals surface area contributed by atoms with Crippen LogP contribution in [0.1, 0.15) is 37.3 Å². The van der Waals surface area contributed by atoms with Gasteiger partial charge in [0.1, 0.15) is 34.6 Å². The maximum absolute atomic E-state index is 14.8. The molecule has 0 atom stereocenters. The van der Waals surface area contributed by atoms with Gasteiger partial charge in [-0.2, -0.15) is 8.78 Å². The predicted octanol–water partition coefficient (Wildman–Crippen LogP) is 9.86. The van der Waals surface area contributed by atoms with E-state index in [4.69, 9.17) is 0 Å². The molecule has 4 aromatic rings. The first-order chi connectivity index (χ1) is 18.9. The maximum atomic E-state index is 14.8. The van der Waals surface area contributed by atoms with Gasteiger partial charge in [0.05, 0.1) is 0 Å². The molecule has 1 nitrogen and oxygen atoms in total. The second-order valence-corrected chi connectivity index (χ2v) is 9.10. The average Bonchev–Trinajstić information content (AvgIpc) is 2.86. The number of ether oxygens (including phenoxy) is 1. The number of hydrogen-bond acceptors (Lipinski definition) is 1. The standard InChI is InChI=1S/C30H21F9O/c1-2-3-4-5-16-6-8-20(22(31)10-16)17-11-24(33)28(25(34)12-17)30(38,39)40-19-7-9-21(23(32)15-19)18-13-26(35)29(37)27(36)14-18/h6-15H,2-5H2,1H3. The van der Waals surface area contributed by atoms with E-state index in [-0.39, 0.29) is 11.1 Å². The number of benzene rings is 4. The molecule has 0 N–H and O–H groups in total. The fraction of sp³-hybridized carbons (Fsp3) is 0.200. The van der Waals surface area contributed by atoms with Crippen LogP contribution < -0.4 is 4.74 Å². The van der Waals surface area contributed by atoms with E-state index in [1.807, 2.05) is 6.92 Å². The minimum absolute atomic E-state index is 0.195. The van der Waals surface area contributed by atoms with E-state index >= 15 is 0 Å². The minimum atomic E-state index is -4.64. The fourth-order valence-corrected chi connectivity index (χ4v) is 4.24. The molecule has 4 rings (SSSR count). The lowest BCUT2D eigenvalue weighted by Gasteiger charge is -2.20. The summed E-state index contributed by atoms with van der Waals surface area (Å²) in [6.45, 7) is 2.02. The van der Waals surface area contributed by atoms with E-state index in [0.717, 1.165) is 31.4 Å². The van der Waals surface area contributed by atoms with Gasteiger partial charge in [0, 0.05) is 17.2 Å². The van der Waals surface area contributed by atoms with Crippen LogP contribution in [0.4, 0.5) is 39.5 Å².